The Hall–Kier alpha value is -1.93. The summed E-state index contributed by atoms with van der Waals surface area (Å²) in [6.45, 7) is 3.60. The highest BCUT2D eigenvalue weighted by Gasteiger charge is 2.13. The Morgan fingerprint density at radius 1 is 1.38 bits per heavy atom. The van der Waals surface area contributed by atoms with Crippen LogP contribution in [0, 0.1) is 25.2 Å². The predicted octanol–water partition coefficient (Wildman–Crippen LogP) is 1.80. The fraction of sp³-hybridized carbons (Fsp3) is 0.200. The minimum atomic E-state index is 0.344. The summed E-state index contributed by atoms with van der Waals surface area (Å²) in [6.07, 6.45) is 1.36. The number of hydrogen-bond donors (Lipinski definition) is 0. The van der Waals surface area contributed by atoms with E-state index in [-0.39, 0.29) is 0 Å². The SMILES string of the molecule is Cc1nn(-c2cc(Cl)ncn2)c(C)c1C#N. The molecular formula is C10H8ClN5. The third-order valence-corrected chi connectivity index (χ3v) is 2.45. The van der Waals surface area contributed by atoms with Gasteiger partial charge in [0.1, 0.15) is 17.5 Å². The van der Waals surface area contributed by atoms with E-state index < -0.39 is 0 Å². The number of nitrogens with zero attached hydrogens (tertiary/aromatic N) is 5. The van der Waals surface area contributed by atoms with Crippen molar-refractivity contribution < 1.29 is 0 Å². The van der Waals surface area contributed by atoms with E-state index in [0.29, 0.717) is 22.2 Å². The smallest absolute Gasteiger partial charge is 0.158 e. The first-order valence-electron chi connectivity index (χ1n) is 4.57. The second-order valence-electron chi connectivity index (χ2n) is 3.27. The number of rotatable bonds is 1. The Morgan fingerprint density at radius 2 is 2.12 bits per heavy atom. The van der Waals surface area contributed by atoms with Crippen LogP contribution in [0.2, 0.25) is 5.15 Å². The molecule has 0 aromatic carbocycles. The van der Waals surface area contributed by atoms with Gasteiger partial charge < -0.3 is 0 Å². The first-order chi connectivity index (χ1) is 7.63. The van der Waals surface area contributed by atoms with Gasteiger partial charge in [0, 0.05) is 6.07 Å². The summed E-state index contributed by atoms with van der Waals surface area (Å²) < 4.78 is 1.58. The van der Waals surface area contributed by atoms with E-state index >= 15 is 0 Å². The molecule has 0 unspecified atom stereocenters. The molecule has 0 bridgehead atoms. The molecule has 5 nitrogen and oxygen atoms in total. The van der Waals surface area contributed by atoms with Crippen molar-refractivity contribution in [3.05, 3.63) is 34.5 Å². The number of aromatic nitrogens is 4. The summed E-state index contributed by atoms with van der Waals surface area (Å²) in [5, 5.41) is 13.5. The van der Waals surface area contributed by atoms with Gasteiger partial charge in [-0.15, -0.1) is 0 Å². The van der Waals surface area contributed by atoms with Crippen molar-refractivity contribution in [2.24, 2.45) is 0 Å². The van der Waals surface area contributed by atoms with Crippen LogP contribution in [0.4, 0.5) is 0 Å². The van der Waals surface area contributed by atoms with Crippen molar-refractivity contribution in [3.8, 4) is 11.9 Å². The molecule has 0 aliphatic heterocycles. The second kappa shape index (κ2) is 3.91. The van der Waals surface area contributed by atoms with Crippen molar-refractivity contribution in [2.75, 3.05) is 0 Å². The van der Waals surface area contributed by atoms with Crippen LogP contribution in [-0.4, -0.2) is 19.7 Å². The summed E-state index contributed by atoms with van der Waals surface area (Å²) in [4.78, 5) is 7.85. The van der Waals surface area contributed by atoms with Crippen molar-refractivity contribution in [1.82, 2.24) is 19.7 Å². The maximum absolute atomic E-state index is 8.95. The van der Waals surface area contributed by atoms with Gasteiger partial charge in [-0.05, 0) is 13.8 Å². The highest BCUT2D eigenvalue weighted by Crippen LogP contribution is 2.16. The summed E-state index contributed by atoms with van der Waals surface area (Å²) >= 11 is 5.77. The lowest BCUT2D eigenvalue weighted by Crippen LogP contribution is -2.02. The third-order valence-electron chi connectivity index (χ3n) is 2.24. The molecule has 6 heteroatoms. The quantitative estimate of drug-likeness (QED) is 0.705. The first kappa shape index (κ1) is 10.6. The molecule has 0 spiro atoms. The topological polar surface area (TPSA) is 67.4 Å². The molecule has 2 aromatic heterocycles. The summed E-state index contributed by atoms with van der Waals surface area (Å²) in [7, 11) is 0. The van der Waals surface area contributed by atoms with Crippen LogP contribution in [0.1, 0.15) is 17.0 Å². The van der Waals surface area contributed by atoms with Gasteiger partial charge in [0.05, 0.1) is 17.0 Å². The molecule has 80 valence electrons. The lowest BCUT2D eigenvalue weighted by molar-refractivity contribution is 0.800. The van der Waals surface area contributed by atoms with Gasteiger partial charge in [0.15, 0.2) is 5.82 Å². The van der Waals surface area contributed by atoms with Crippen LogP contribution in [0.15, 0.2) is 12.4 Å². The standard InChI is InChI=1S/C10H8ClN5/c1-6-8(4-12)7(2)16(15-6)10-3-9(11)13-5-14-10/h3,5H,1-2H3. The molecule has 0 atom stereocenters. The minimum absolute atomic E-state index is 0.344. The Balaban J connectivity index is 2.62. The fourth-order valence-electron chi connectivity index (χ4n) is 1.47. The zero-order chi connectivity index (χ0) is 11.7. The molecule has 0 radical (unpaired) electrons. The molecule has 2 heterocycles. The highest BCUT2D eigenvalue weighted by atomic mass is 35.5. The monoisotopic (exact) mass is 233 g/mol. The number of aryl methyl sites for hydroxylation is 1. The van der Waals surface area contributed by atoms with Crippen molar-refractivity contribution in [3.63, 3.8) is 0 Å². The van der Waals surface area contributed by atoms with Crippen LogP contribution in [-0.2, 0) is 0 Å². The average molecular weight is 234 g/mol. The molecule has 0 fully saturated rings. The van der Waals surface area contributed by atoms with Gasteiger partial charge >= 0.3 is 0 Å². The maximum atomic E-state index is 8.95. The summed E-state index contributed by atoms with van der Waals surface area (Å²) in [6, 6.07) is 3.71. The number of halogens is 1. The van der Waals surface area contributed by atoms with Gasteiger partial charge in [0.25, 0.3) is 0 Å². The zero-order valence-corrected chi connectivity index (χ0v) is 9.52. The molecule has 0 amide bonds. The molecule has 0 aliphatic carbocycles. The molecular weight excluding hydrogens is 226 g/mol. The van der Waals surface area contributed by atoms with Gasteiger partial charge in [-0.25, -0.2) is 14.6 Å². The van der Waals surface area contributed by atoms with Crippen LogP contribution in [0.25, 0.3) is 5.82 Å². The molecule has 0 N–H and O–H groups in total. The zero-order valence-electron chi connectivity index (χ0n) is 8.77. The fourth-order valence-corrected chi connectivity index (χ4v) is 1.61. The lowest BCUT2D eigenvalue weighted by Gasteiger charge is -2.02. The van der Waals surface area contributed by atoms with Crippen molar-refractivity contribution >= 4 is 11.6 Å². The third kappa shape index (κ3) is 1.64. The second-order valence-corrected chi connectivity index (χ2v) is 3.66. The Bertz CT molecular complexity index is 581. The molecule has 0 aliphatic rings. The Kier molecular flexibility index (Phi) is 2.59. The van der Waals surface area contributed by atoms with Crippen LogP contribution < -0.4 is 0 Å². The lowest BCUT2D eigenvalue weighted by atomic mass is 10.2. The maximum Gasteiger partial charge on any atom is 0.158 e. The first-order valence-corrected chi connectivity index (χ1v) is 4.95. The predicted molar refractivity (Wildman–Crippen MR) is 58.4 cm³/mol. The van der Waals surface area contributed by atoms with E-state index in [2.05, 4.69) is 21.1 Å². The van der Waals surface area contributed by atoms with Gasteiger partial charge in [-0.3, -0.25) is 0 Å². The Labute approximate surface area is 97.3 Å². The normalized spacial score (nSPS) is 10.1. The molecule has 0 saturated carbocycles. The number of hydrogen-bond acceptors (Lipinski definition) is 4. The average Bonchev–Trinajstić information content (AvgIpc) is 2.54. The summed E-state index contributed by atoms with van der Waals surface area (Å²) in [5.41, 5.74) is 1.99. The molecule has 16 heavy (non-hydrogen) atoms. The van der Waals surface area contributed by atoms with E-state index in [0.717, 1.165) is 5.69 Å². The highest BCUT2D eigenvalue weighted by molar-refractivity contribution is 6.29. The summed E-state index contributed by atoms with van der Waals surface area (Å²) in [5.74, 6) is 0.558. The van der Waals surface area contributed by atoms with Gasteiger partial charge in [-0.1, -0.05) is 11.6 Å². The Morgan fingerprint density at radius 3 is 2.69 bits per heavy atom. The number of nitriles is 1. The van der Waals surface area contributed by atoms with E-state index in [1.807, 2.05) is 6.92 Å². The van der Waals surface area contributed by atoms with Crippen molar-refractivity contribution in [2.45, 2.75) is 13.8 Å². The van der Waals surface area contributed by atoms with Crippen LogP contribution in [0.3, 0.4) is 0 Å². The van der Waals surface area contributed by atoms with E-state index in [1.165, 1.54) is 6.33 Å². The van der Waals surface area contributed by atoms with E-state index in [1.54, 1.807) is 17.7 Å². The van der Waals surface area contributed by atoms with Gasteiger partial charge in [-0.2, -0.15) is 10.4 Å². The van der Waals surface area contributed by atoms with Crippen molar-refractivity contribution in [1.29, 1.82) is 5.26 Å². The molecule has 2 rings (SSSR count). The van der Waals surface area contributed by atoms with Crippen LogP contribution >= 0.6 is 11.6 Å². The largest absolute Gasteiger partial charge is 0.224 e. The van der Waals surface area contributed by atoms with E-state index in [9.17, 15) is 0 Å². The molecule has 0 saturated heterocycles. The van der Waals surface area contributed by atoms with Crippen LogP contribution in [0.5, 0.6) is 0 Å². The van der Waals surface area contributed by atoms with E-state index in [4.69, 9.17) is 16.9 Å². The molecule has 2 aromatic rings. The van der Waals surface area contributed by atoms with Gasteiger partial charge in [0.2, 0.25) is 0 Å². The minimum Gasteiger partial charge on any atom is -0.224 e.